The molecular formula is C31H41N3O3. The van der Waals surface area contributed by atoms with Gasteiger partial charge in [-0.05, 0) is 97.2 Å². The van der Waals surface area contributed by atoms with Gasteiger partial charge in [-0.2, -0.15) is 0 Å². The fourth-order valence-electron chi connectivity index (χ4n) is 8.94. The third-order valence-electron chi connectivity index (χ3n) is 10.9. The number of fused-ring (bicyclic) bond motifs is 5. The van der Waals surface area contributed by atoms with E-state index in [-0.39, 0.29) is 35.4 Å². The van der Waals surface area contributed by atoms with Crippen LogP contribution in [0.3, 0.4) is 0 Å². The first-order valence-electron chi connectivity index (χ1n) is 14.4. The summed E-state index contributed by atoms with van der Waals surface area (Å²) in [6.45, 7) is 5.53. The van der Waals surface area contributed by atoms with Gasteiger partial charge in [0.2, 0.25) is 5.91 Å². The number of aromatic nitrogens is 1. The van der Waals surface area contributed by atoms with Gasteiger partial charge in [-0.25, -0.2) is 4.79 Å². The molecular weight excluding hydrogens is 462 g/mol. The number of rotatable bonds is 4. The molecule has 5 aliphatic rings. The van der Waals surface area contributed by atoms with Crippen molar-refractivity contribution < 1.29 is 14.3 Å². The molecule has 37 heavy (non-hydrogen) atoms. The van der Waals surface area contributed by atoms with Crippen LogP contribution in [0, 0.1) is 28.6 Å². The second-order valence-corrected chi connectivity index (χ2v) is 12.6. The number of hydrogen-bond donors (Lipinski definition) is 1. The van der Waals surface area contributed by atoms with Crippen molar-refractivity contribution in [3.05, 3.63) is 47.8 Å². The van der Waals surface area contributed by atoms with Gasteiger partial charge in [0.05, 0.1) is 6.54 Å². The third-order valence-corrected chi connectivity index (χ3v) is 10.9. The lowest BCUT2D eigenvalue weighted by Crippen LogP contribution is -2.50. The Bertz CT molecular complexity index is 1130. The molecule has 2 heterocycles. The first-order valence-corrected chi connectivity index (χ1v) is 14.4. The van der Waals surface area contributed by atoms with Crippen molar-refractivity contribution >= 4 is 17.4 Å². The molecule has 0 radical (unpaired) electrons. The average Bonchev–Trinajstić information content (AvgIpc) is 3.54. The number of esters is 1. The maximum absolute atomic E-state index is 13.0. The molecule has 1 aliphatic heterocycles. The van der Waals surface area contributed by atoms with Crippen LogP contribution in [-0.4, -0.2) is 47.0 Å². The van der Waals surface area contributed by atoms with Crippen molar-refractivity contribution in [3.8, 4) is 0 Å². The number of carbonyl (C=O) groups excluding carboxylic acids is 2. The number of nitrogens with zero attached hydrogens (tertiary/aromatic N) is 2. The topological polar surface area (TPSA) is 85.5 Å². The van der Waals surface area contributed by atoms with Gasteiger partial charge in [0.1, 0.15) is 12.1 Å². The molecule has 198 valence electrons. The van der Waals surface area contributed by atoms with Gasteiger partial charge in [0.15, 0.2) is 0 Å². The summed E-state index contributed by atoms with van der Waals surface area (Å²) in [6.07, 6.45) is 17.9. The summed E-state index contributed by atoms with van der Waals surface area (Å²) in [7, 11) is 0. The standard InChI is InChI=1S/C31H41N3O3/c1-30-13-11-22(37-29(36)27-6-4-16-34(27)28(35)18-32)17-21(30)7-8-23-25-10-9-24(20-5-3-15-33-19-20)31(25,2)14-12-26(23)30/h3,5,7,9,15,19,22-23,25-27H,4,6,8,10-14,16-18,32H2,1-2H3/t22-,23-,25-,26-,27-,30-,31+/m0/s1. The van der Waals surface area contributed by atoms with Gasteiger partial charge in [-0.3, -0.25) is 9.78 Å². The maximum atomic E-state index is 13.0. The van der Waals surface area contributed by atoms with E-state index in [1.165, 1.54) is 36.0 Å². The van der Waals surface area contributed by atoms with Crippen LogP contribution in [0.1, 0.15) is 77.2 Å². The maximum Gasteiger partial charge on any atom is 0.329 e. The predicted octanol–water partition coefficient (Wildman–Crippen LogP) is 4.90. The Balaban J connectivity index is 1.15. The highest BCUT2D eigenvalue weighted by atomic mass is 16.5. The Morgan fingerprint density at radius 1 is 1.11 bits per heavy atom. The van der Waals surface area contributed by atoms with Gasteiger partial charge in [-0.15, -0.1) is 0 Å². The molecule has 4 aliphatic carbocycles. The molecule has 0 unspecified atom stereocenters. The van der Waals surface area contributed by atoms with E-state index in [0.717, 1.165) is 32.1 Å². The van der Waals surface area contributed by atoms with Gasteiger partial charge < -0.3 is 15.4 Å². The zero-order valence-electron chi connectivity index (χ0n) is 22.3. The summed E-state index contributed by atoms with van der Waals surface area (Å²) in [5, 5.41) is 0. The minimum atomic E-state index is -0.464. The number of pyridine rings is 1. The van der Waals surface area contributed by atoms with Crippen LogP contribution in [0.4, 0.5) is 0 Å². The minimum Gasteiger partial charge on any atom is -0.461 e. The van der Waals surface area contributed by atoms with E-state index in [1.807, 2.05) is 12.4 Å². The van der Waals surface area contributed by atoms with E-state index in [1.54, 1.807) is 4.90 Å². The number of amides is 1. The summed E-state index contributed by atoms with van der Waals surface area (Å²) in [4.78, 5) is 31.2. The highest BCUT2D eigenvalue weighted by Gasteiger charge is 2.57. The van der Waals surface area contributed by atoms with Crippen LogP contribution in [0.25, 0.3) is 5.57 Å². The van der Waals surface area contributed by atoms with Gasteiger partial charge in [0.25, 0.3) is 0 Å². The number of likely N-dealkylation sites (tertiary alicyclic amines) is 1. The minimum absolute atomic E-state index is 0.0553. The first kappa shape index (κ1) is 24.8. The summed E-state index contributed by atoms with van der Waals surface area (Å²) < 4.78 is 6.05. The van der Waals surface area contributed by atoms with E-state index >= 15 is 0 Å². The molecule has 6 nitrogen and oxygen atoms in total. The number of allylic oxidation sites excluding steroid dienone is 3. The number of nitrogens with two attached hydrogens (primary N) is 1. The smallest absolute Gasteiger partial charge is 0.329 e. The van der Waals surface area contributed by atoms with Crippen LogP contribution in [-0.2, 0) is 14.3 Å². The Morgan fingerprint density at radius 2 is 1.95 bits per heavy atom. The largest absolute Gasteiger partial charge is 0.461 e. The second-order valence-electron chi connectivity index (χ2n) is 12.6. The Kier molecular flexibility index (Phi) is 6.29. The monoisotopic (exact) mass is 503 g/mol. The zero-order chi connectivity index (χ0) is 25.8. The lowest BCUT2D eigenvalue weighted by Gasteiger charge is -2.58. The van der Waals surface area contributed by atoms with Crippen molar-refractivity contribution in [1.82, 2.24) is 9.88 Å². The highest BCUT2D eigenvalue weighted by Crippen LogP contribution is 2.66. The highest BCUT2D eigenvalue weighted by molar-refractivity contribution is 5.86. The second kappa shape index (κ2) is 9.37. The summed E-state index contributed by atoms with van der Waals surface area (Å²) >= 11 is 0. The molecule has 6 heteroatoms. The molecule has 0 aromatic carbocycles. The molecule has 7 atom stereocenters. The third kappa shape index (κ3) is 3.98. The van der Waals surface area contributed by atoms with Crippen molar-refractivity contribution in [2.75, 3.05) is 13.1 Å². The Labute approximate surface area is 220 Å². The lowest BCUT2D eigenvalue weighted by molar-refractivity contribution is -0.159. The van der Waals surface area contributed by atoms with Crippen molar-refractivity contribution in [2.24, 2.45) is 34.3 Å². The van der Waals surface area contributed by atoms with Gasteiger partial charge in [0, 0.05) is 25.4 Å². The SMILES string of the molecule is C[C@]12CC[C@H](OC(=O)[C@@H]3CCCN3C(=O)CN)CC1=CC[C@@H]1[C@@H]2CC[C@]2(C)C(c3cccnc3)=CC[C@@H]12. The van der Waals surface area contributed by atoms with E-state index in [4.69, 9.17) is 10.5 Å². The molecule has 1 saturated heterocycles. The van der Waals surface area contributed by atoms with Crippen LogP contribution >= 0.6 is 0 Å². The van der Waals surface area contributed by atoms with E-state index in [9.17, 15) is 9.59 Å². The molecule has 1 amide bonds. The van der Waals surface area contributed by atoms with E-state index in [2.05, 4.69) is 43.1 Å². The van der Waals surface area contributed by atoms with E-state index in [0.29, 0.717) is 30.7 Å². The normalized spacial score (nSPS) is 38.7. The van der Waals surface area contributed by atoms with Crippen LogP contribution in [0.5, 0.6) is 0 Å². The number of carbonyl (C=O) groups is 2. The molecule has 0 bridgehead atoms. The fraction of sp³-hybridized carbons (Fsp3) is 0.645. The summed E-state index contributed by atoms with van der Waals surface area (Å²) in [5.41, 5.74) is 10.3. The Morgan fingerprint density at radius 3 is 2.73 bits per heavy atom. The molecule has 3 fully saturated rings. The fourth-order valence-corrected chi connectivity index (χ4v) is 8.94. The molecule has 1 aromatic heterocycles. The van der Waals surface area contributed by atoms with Gasteiger partial charge >= 0.3 is 5.97 Å². The van der Waals surface area contributed by atoms with Crippen LogP contribution in [0.15, 0.2) is 42.3 Å². The quantitative estimate of drug-likeness (QED) is 0.467. The van der Waals surface area contributed by atoms with E-state index < -0.39 is 6.04 Å². The van der Waals surface area contributed by atoms with Crippen molar-refractivity contribution in [3.63, 3.8) is 0 Å². The van der Waals surface area contributed by atoms with Crippen molar-refractivity contribution in [1.29, 1.82) is 0 Å². The number of ether oxygens (including phenoxy) is 1. The molecule has 2 N–H and O–H groups in total. The summed E-state index contributed by atoms with van der Waals surface area (Å²) in [6, 6.07) is 3.81. The molecule has 2 saturated carbocycles. The molecule has 6 rings (SSSR count). The molecule has 0 spiro atoms. The first-order chi connectivity index (χ1) is 17.8. The zero-order valence-corrected chi connectivity index (χ0v) is 22.3. The summed E-state index contributed by atoms with van der Waals surface area (Å²) in [5.74, 6) is 1.67. The predicted molar refractivity (Wildman–Crippen MR) is 143 cm³/mol. The van der Waals surface area contributed by atoms with Crippen molar-refractivity contribution in [2.45, 2.75) is 83.8 Å². The molecule has 1 aromatic rings. The van der Waals surface area contributed by atoms with Gasteiger partial charge in [-0.1, -0.05) is 37.6 Å². The van der Waals surface area contributed by atoms with Crippen LogP contribution in [0.2, 0.25) is 0 Å². The lowest BCUT2D eigenvalue weighted by atomic mass is 9.47. The van der Waals surface area contributed by atoms with Crippen LogP contribution < -0.4 is 5.73 Å². The Hall–Kier alpha value is -2.47. The number of hydrogen-bond acceptors (Lipinski definition) is 5. The average molecular weight is 504 g/mol.